The molecule has 3 N–H and O–H groups in total. The van der Waals surface area contributed by atoms with Crippen molar-refractivity contribution in [1.29, 1.82) is 0 Å². The first-order valence-corrected chi connectivity index (χ1v) is 9.93. The fourth-order valence-electron chi connectivity index (χ4n) is 3.05. The van der Waals surface area contributed by atoms with Crippen LogP contribution in [0.25, 0.3) is 6.08 Å². The van der Waals surface area contributed by atoms with E-state index in [1.54, 1.807) is 0 Å². The molecule has 0 aliphatic carbocycles. The molecule has 0 radical (unpaired) electrons. The normalized spacial score (nSPS) is 25.1. The SMILES string of the molecule is CC(=O)c1ccc(O[C@@H]2O[C@H](COC(=O)/C=C/c3ccc(F)c(F)c3)[C@@H](O)[C@H](O)[C@H]2O)cc1. The van der Waals surface area contributed by atoms with Crippen LogP contribution < -0.4 is 4.74 Å². The van der Waals surface area contributed by atoms with Gasteiger partial charge in [0.05, 0.1) is 0 Å². The molecule has 0 saturated carbocycles. The van der Waals surface area contributed by atoms with Crippen LogP contribution in [0.3, 0.4) is 0 Å². The van der Waals surface area contributed by atoms with E-state index in [1.807, 2.05) is 0 Å². The molecule has 10 heteroatoms. The Kier molecular flexibility index (Phi) is 7.88. The number of carbonyl (C=O) groups is 2. The summed E-state index contributed by atoms with van der Waals surface area (Å²) in [4.78, 5) is 23.3. The predicted molar refractivity (Wildman–Crippen MR) is 110 cm³/mol. The number of carbonyl (C=O) groups excluding carboxylic acids is 2. The molecule has 0 spiro atoms. The maximum Gasteiger partial charge on any atom is 0.330 e. The molecule has 1 aliphatic rings. The van der Waals surface area contributed by atoms with Gasteiger partial charge in [-0.2, -0.15) is 0 Å². The molecule has 0 aromatic heterocycles. The van der Waals surface area contributed by atoms with Gasteiger partial charge in [0, 0.05) is 11.6 Å². The predicted octanol–water partition coefficient (Wildman–Crippen LogP) is 1.61. The van der Waals surface area contributed by atoms with E-state index in [1.165, 1.54) is 43.3 Å². The molecular weight excluding hydrogens is 442 g/mol. The lowest BCUT2D eigenvalue weighted by molar-refractivity contribution is -0.278. The van der Waals surface area contributed by atoms with Crippen LogP contribution in [0.1, 0.15) is 22.8 Å². The number of ketones is 1. The molecule has 0 bridgehead atoms. The van der Waals surface area contributed by atoms with Crippen LogP contribution in [0, 0.1) is 11.6 Å². The van der Waals surface area contributed by atoms with Gasteiger partial charge in [-0.05, 0) is 55.0 Å². The van der Waals surface area contributed by atoms with E-state index in [0.717, 1.165) is 18.2 Å². The molecule has 0 amide bonds. The molecule has 1 aliphatic heterocycles. The second-order valence-corrected chi connectivity index (χ2v) is 7.35. The highest BCUT2D eigenvalue weighted by molar-refractivity contribution is 5.94. The van der Waals surface area contributed by atoms with Crippen molar-refractivity contribution >= 4 is 17.8 Å². The van der Waals surface area contributed by atoms with Gasteiger partial charge >= 0.3 is 5.97 Å². The molecule has 1 saturated heterocycles. The van der Waals surface area contributed by atoms with Gasteiger partial charge < -0.3 is 29.5 Å². The van der Waals surface area contributed by atoms with E-state index in [2.05, 4.69) is 0 Å². The number of halogens is 2. The van der Waals surface area contributed by atoms with Gasteiger partial charge in [-0.3, -0.25) is 4.79 Å². The number of aliphatic hydroxyl groups is 3. The van der Waals surface area contributed by atoms with Crippen molar-refractivity contribution < 1.29 is 47.9 Å². The van der Waals surface area contributed by atoms with E-state index in [4.69, 9.17) is 14.2 Å². The highest BCUT2D eigenvalue weighted by Gasteiger charge is 2.45. The topological polar surface area (TPSA) is 123 Å². The second-order valence-electron chi connectivity index (χ2n) is 7.35. The first-order valence-electron chi connectivity index (χ1n) is 9.93. The third-order valence-corrected chi connectivity index (χ3v) is 4.93. The van der Waals surface area contributed by atoms with Crippen LogP contribution in [0.4, 0.5) is 8.78 Å². The quantitative estimate of drug-likeness (QED) is 0.321. The Morgan fingerprint density at radius 1 is 1.00 bits per heavy atom. The van der Waals surface area contributed by atoms with E-state index in [-0.39, 0.29) is 17.1 Å². The molecule has 0 unspecified atom stereocenters. The minimum absolute atomic E-state index is 0.144. The van der Waals surface area contributed by atoms with Crippen molar-refractivity contribution in [1.82, 2.24) is 0 Å². The summed E-state index contributed by atoms with van der Waals surface area (Å²) in [7, 11) is 0. The molecule has 2 aromatic rings. The van der Waals surface area contributed by atoms with Crippen molar-refractivity contribution in [2.75, 3.05) is 6.61 Å². The summed E-state index contributed by atoms with van der Waals surface area (Å²) in [6, 6.07) is 9.04. The summed E-state index contributed by atoms with van der Waals surface area (Å²) in [6.07, 6.45) is -5.29. The molecule has 5 atom stereocenters. The first kappa shape index (κ1) is 24.5. The van der Waals surface area contributed by atoms with Crippen molar-refractivity contribution in [3.8, 4) is 5.75 Å². The largest absolute Gasteiger partial charge is 0.462 e. The van der Waals surface area contributed by atoms with Crippen LogP contribution in [0.5, 0.6) is 5.75 Å². The molecule has 1 heterocycles. The molecule has 8 nitrogen and oxygen atoms in total. The maximum absolute atomic E-state index is 13.2. The molecule has 3 rings (SSSR count). The maximum atomic E-state index is 13.2. The molecule has 33 heavy (non-hydrogen) atoms. The van der Waals surface area contributed by atoms with Crippen molar-refractivity contribution in [3.05, 3.63) is 71.3 Å². The third-order valence-electron chi connectivity index (χ3n) is 4.93. The van der Waals surface area contributed by atoms with Gasteiger partial charge in [-0.1, -0.05) is 6.07 Å². The van der Waals surface area contributed by atoms with Crippen molar-refractivity contribution in [2.24, 2.45) is 0 Å². The Morgan fingerprint density at radius 3 is 2.33 bits per heavy atom. The Bertz CT molecular complexity index is 1020. The van der Waals surface area contributed by atoms with Crippen LogP contribution in [0.15, 0.2) is 48.5 Å². The van der Waals surface area contributed by atoms with Gasteiger partial charge in [-0.25, -0.2) is 13.6 Å². The van der Waals surface area contributed by atoms with Crippen molar-refractivity contribution in [3.63, 3.8) is 0 Å². The number of ether oxygens (including phenoxy) is 3. The lowest BCUT2D eigenvalue weighted by Gasteiger charge is -2.39. The Hall–Kier alpha value is -3.18. The average molecular weight is 464 g/mol. The zero-order valence-corrected chi connectivity index (χ0v) is 17.4. The highest BCUT2D eigenvalue weighted by atomic mass is 19.2. The van der Waals surface area contributed by atoms with Gasteiger partial charge in [0.1, 0.15) is 36.8 Å². The first-order chi connectivity index (χ1) is 15.7. The summed E-state index contributed by atoms with van der Waals surface area (Å²) in [6.45, 7) is 0.912. The summed E-state index contributed by atoms with van der Waals surface area (Å²) in [5, 5.41) is 30.4. The van der Waals surface area contributed by atoms with E-state index >= 15 is 0 Å². The fourth-order valence-corrected chi connectivity index (χ4v) is 3.05. The highest BCUT2D eigenvalue weighted by Crippen LogP contribution is 2.25. The zero-order chi connectivity index (χ0) is 24.1. The van der Waals surface area contributed by atoms with E-state index in [0.29, 0.717) is 5.56 Å². The minimum Gasteiger partial charge on any atom is -0.462 e. The van der Waals surface area contributed by atoms with Gasteiger partial charge in [0.15, 0.2) is 17.4 Å². The molecule has 1 fully saturated rings. The minimum atomic E-state index is -1.65. The van der Waals surface area contributed by atoms with Crippen LogP contribution in [-0.4, -0.2) is 64.4 Å². The Labute approximate surface area is 187 Å². The number of benzene rings is 2. The molecular formula is C23H22F2O8. The van der Waals surface area contributed by atoms with Crippen LogP contribution in [0.2, 0.25) is 0 Å². The van der Waals surface area contributed by atoms with Gasteiger partial charge in [0.25, 0.3) is 0 Å². The Balaban J connectivity index is 1.59. The molecule has 176 valence electrons. The summed E-state index contributed by atoms with van der Waals surface area (Å²) in [5.41, 5.74) is 0.673. The summed E-state index contributed by atoms with van der Waals surface area (Å²) >= 11 is 0. The zero-order valence-electron chi connectivity index (χ0n) is 17.4. The average Bonchev–Trinajstić information content (AvgIpc) is 2.79. The van der Waals surface area contributed by atoms with Crippen LogP contribution in [-0.2, 0) is 14.3 Å². The number of esters is 1. The van der Waals surface area contributed by atoms with E-state index in [9.17, 15) is 33.7 Å². The van der Waals surface area contributed by atoms with Gasteiger partial charge in [-0.15, -0.1) is 0 Å². The number of rotatable bonds is 7. The lowest BCUT2D eigenvalue weighted by atomic mass is 9.99. The van der Waals surface area contributed by atoms with E-state index < -0.39 is 54.9 Å². The summed E-state index contributed by atoms with van der Waals surface area (Å²) in [5.74, 6) is -2.87. The Morgan fingerprint density at radius 2 is 1.70 bits per heavy atom. The number of hydrogen-bond acceptors (Lipinski definition) is 8. The number of hydrogen-bond donors (Lipinski definition) is 3. The van der Waals surface area contributed by atoms with Gasteiger partial charge in [0.2, 0.25) is 6.29 Å². The van der Waals surface area contributed by atoms with Crippen molar-refractivity contribution in [2.45, 2.75) is 37.6 Å². The lowest BCUT2D eigenvalue weighted by Crippen LogP contribution is -2.60. The fraction of sp³-hybridized carbons (Fsp3) is 0.304. The third kappa shape index (κ3) is 6.20. The standard InChI is InChI=1S/C23H22F2O8/c1-12(26)14-4-6-15(7-5-14)32-23-22(30)21(29)20(28)18(33-23)11-31-19(27)9-3-13-2-8-16(24)17(25)10-13/h2-10,18,20-23,28-30H,11H2,1H3/b9-3+/t18-,20-,21+,22-,23-/m1/s1. The monoisotopic (exact) mass is 464 g/mol. The number of Topliss-reactive ketones (excluding diaryl/α,β-unsaturated/α-hetero) is 1. The number of aliphatic hydroxyl groups excluding tert-OH is 3. The molecule has 2 aromatic carbocycles. The van der Waals surface area contributed by atoms with Crippen LogP contribution >= 0.6 is 0 Å². The smallest absolute Gasteiger partial charge is 0.330 e. The second kappa shape index (κ2) is 10.6. The summed E-state index contributed by atoms with van der Waals surface area (Å²) < 4.78 is 42.1.